The Bertz CT molecular complexity index is 1180. The van der Waals surface area contributed by atoms with Gasteiger partial charge in [-0.2, -0.15) is 0 Å². The molecule has 176 valence electrons. The molecule has 1 heterocycles. The first-order valence-corrected chi connectivity index (χ1v) is 11.9. The van der Waals surface area contributed by atoms with Crippen molar-refractivity contribution < 1.29 is 14.3 Å². The molecule has 0 bridgehead atoms. The molecular formula is C29H32N2O3. The first kappa shape index (κ1) is 23.6. The molecule has 3 aromatic carbocycles. The van der Waals surface area contributed by atoms with Crippen molar-refractivity contribution in [1.82, 2.24) is 0 Å². The van der Waals surface area contributed by atoms with E-state index in [0.29, 0.717) is 23.9 Å². The maximum Gasteiger partial charge on any atom is 0.229 e. The van der Waals surface area contributed by atoms with Crippen LogP contribution in [0.2, 0.25) is 0 Å². The van der Waals surface area contributed by atoms with E-state index in [1.807, 2.05) is 61.5 Å². The lowest BCUT2D eigenvalue weighted by Gasteiger charge is -2.20. The molecule has 5 heteroatoms. The van der Waals surface area contributed by atoms with Gasteiger partial charge in [-0.15, -0.1) is 0 Å². The Morgan fingerprint density at radius 2 is 1.82 bits per heavy atom. The zero-order chi connectivity index (χ0) is 24.2. The van der Waals surface area contributed by atoms with Gasteiger partial charge < -0.3 is 15.0 Å². The highest BCUT2D eigenvalue weighted by atomic mass is 16.5. The number of aryl methyl sites for hydroxylation is 2. The van der Waals surface area contributed by atoms with E-state index in [2.05, 4.69) is 38.2 Å². The number of hydrogen-bond donors (Lipinski definition) is 1. The van der Waals surface area contributed by atoms with Crippen LogP contribution in [0.3, 0.4) is 0 Å². The highest BCUT2D eigenvalue weighted by Gasteiger charge is 2.35. The Morgan fingerprint density at radius 3 is 2.53 bits per heavy atom. The number of nitrogens with zero attached hydrogens (tertiary/aromatic N) is 1. The molecule has 0 radical (unpaired) electrons. The molecule has 1 fully saturated rings. The number of nitrogens with one attached hydrogen (secondary N) is 1. The largest absolute Gasteiger partial charge is 0.457 e. The first-order valence-electron chi connectivity index (χ1n) is 11.9. The lowest BCUT2D eigenvalue weighted by molar-refractivity contribution is -0.122. The van der Waals surface area contributed by atoms with Gasteiger partial charge in [0.15, 0.2) is 0 Å². The SMILES string of the molecule is CCc1ccccc1N1C[C@@H](C(=O)Nc2ccc(Oc3cc(C)ccc3C(C)C)cc2)CC1=O. The number of para-hydroxylation sites is 1. The second-order valence-electron chi connectivity index (χ2n) is 9.20. The highest BCUT2D eigenvalue weighted by molar-refractivity contribution is 6.03. The van der Waals surface area contributed by atoms with Crippen LogP contribution < -0.4 is 15.0 Å². The smallest absolute Gasteiger partial charge is 0.229 e. The van der Waals surface area contributed by atoms with Gasteiger partial charge in [-0.3, -0.25) is 9.59 Å². The van der Waals surface area contributed by atoms with Crippen LogP contribution in [0.1, 0.15) is 49.8 Å². The molecule has 0 saturated carbocycles. The van der Waals surface area contributed by atoms with Gasteiger partial charge in [0.2, 0.25) is 11.8 Å². The first-order chi connectivity index (χ1) is 16.4. The Labute approximate surface area is 201 Å². The van der Waals surface area contributed by atoms with Gasteiger partial charge in [-0.05, 0) is 72.4 Å². The number of benzene rings is 3. The molecule has 34 heavy (non-hydrogen) atoms. The predicted molar refractivity (Wildman–Crippen MR) is 137 cm³/mol. The van der Waals surface area contributed by atoms with Crippen molar-refractivity contribution in [2.75, 3.05) is 16.8 Å². The van der Waals surface area contributed by atoms with Gasteiger partial charge >= 0.3 is 0 Å². The van der Waals surface area contributed by atoms with Gasteiger partial charge in [-0.1, -0.05) is 51.1 Å². The summed E-state index contributed by atoms with van der Waals surface area (Å²) >= 11 is 0. The minimum absolute atomic E-state index is 0.0103. The van der Waals surface area contributed by atoms with Crippen molar-refractivity contribution in [2.45, 2.75) is 46.5 Å². The van der Waals surface area contributed by atoms with Crippen LogP contribution in [0.4, 0.5) is 11.4 Å². The summed E-state index contributed by atoms with van der Waals surface area (Å²) < 4.78 is 6.15. The minimum Gasteiger partial charge on any atom is -0.457 e. The van der Waals surface area contributed by atoms with E-state index in [1.165, 1.54) is 0 Å². The van der Waals surface area contributed by atoms with Crippen molar-refractivity contribution in [3.63, 3.8) is 0 Å². The molecule has 3 aromatic rings. The quantitative estimate of drug-likeness (QED) is 0.444. The van der Waals surface area contributed by atoms with Gasteiger partial charge in [0.05, 0.1) is 5.92 Å². The number of carbonyl (C=O) groups excluding carboxylic acids is 2. The number of anilines is 2. The van der Waals surface area contributed by atoms with Gasteiger partial charge in [0.25, 0.3) is 0 Å². The molecule has 1 aliphatic rings. The van der Waals surface area contributed by atoms with Crippen LogP contribution in [0.15, 0.2) is 66.7 Å². The standard InChI is InChI=1S/C29H32N2O3/c1-5-21-8-6-7-9-26(21)31-18-22(17-28(31)32)29(33)30-23-11-13-24(14-12-23)34-27-16-20(4)10-15-25(27)19(2)3/h6-16,19,22H,5,17-18H2,1-4H3,(H,30,33)/t22-/m0/s1. The summed E-state index contributed by atoms with van der Waals surface area (Å²) in [7, 11) is 0. The van der Waals surface area contributed by atoms with Crippen molar-refractivity contribution >= 4 is 23.2 Å². The molecule has 2 amide bonds. The fourth-order valence-corrected chi connectivity index (χ4v) is 4.37. The topological polar surface area (TPSA) is 58.6 Å². The molecule has 1 N–H and O–H groups in total. The van der Waals surface area contributed by atoms with Crippen LogP contribution in [-0.2, 0) is 16.0 Å². The minimum atomic E-state index is -0.380. The maximum absolute atomic E-state index is 12.9. The fourth-order valence-electron chi connectivity index (χ4n) is 4.37. The Hall–Kier alpha value is -3.60. The molecular weight excluding hydrogens is 424 g/mol. The average Bonchev–Trinajstić information content (AvgIpc) is 3.21. The van der Waals surface area contributed by atoms with Crippen molar-refractivity contribution in [3.05, 3.63) is 83.4 Å². The second kappa shape index (κ2) is 10.1. The van der Waals surface area contributed by atoms with E-state index in [9.17, 15) is 9.59 Å². The summed E-state index contributed by atoms with van der Waals surface area (Å²) in [6, 6.07) is 21.5. The number of ether oxygens (including phenoxy) is 1. The second-order valence-corrected chi connectivity index (χ2v) is 9.20. The monoisotopic (exact) mass is 456 g/mol. The molecule has 0 unspecified atom stereocenters. The Kier molecular flexibility index (Phi) is 7.01. The van der Waals surface area contributed by atoms with E-state index >= 15 is 0 Å². The van der Waals surface area contributed by atoms with E-state index in [-0.39, 0.29) is 24.2 Å². The molecule has 0 aromatic heterocycles. The van der Waals surface area contributed by atoms with Gasteiger partial charge in [-0.25, -0.2) is 0 Å². The summed E-state index contributed by atoms with van der Waals surface area (Å²) in [6.07, 6.45) is 1.06. The fraction of sp³-hybridized carbons (Fsp3) is 0.310. The Balaban J connectivity index is 1.41. The van der Waals surface area contributed by atoms with Crippen LogP contribution in [0, 0.1) is 12.8 Å². The van der Waals surface area contributed by atoms with Crippen LogP contribution in [-0.4, -0.2) is 18.4 Å². The van der Waals surface area contributed by atoms with Crippen molar-refractivity contribution in [3.8, 4) is 11.5 Å². The molecule has 1 atom stereocenters. The summed E-state index contributed by atoms with van der Waals surface area (Å²) in [4.78, 5) is 27.3. The lowest BCUT2D eigenvalue weighted by atomic mass is 10.0. The average molecular weight is 457 g/mol. The van der Waals surface area contributed by atoms with Crippen LogP contribution in [0.25, 0.3) is 0 Å². The normalized spacial score (nSPS) is 15.6. The number of amides is 2. The predicted octanol–water partition coefficient (Wildman–Crippen LogP) is 6.46. The zero-order valence-corrected chi connectivity index (χ0v) is 20.3. The molecule has 4 rings (SSSR count). The van der Waals surface area contributed by atoms with Crippen molar-refractivity contribution in [2.24, 2.45) is 5.92 Å². The molecule has 1 saturated heterocycles. The third kappa shape index (κ3) is 5.14. The third-order valence-corrected chi connectivity index (χ3v) is 6.30. The van der Waals surface area contributed by atoms with E-state index < -0.39 is 0 Å². The number of carbonyl (C=O) groups is 2. The van der Waals surface area contributed by atoms with E-state index in [4.69, 9.17) is 4.74 Å². The third-order valence-electron chi connectivity index (χ3n) is 6.30. The summed E-state index contributed by atoms with van der Waals surface area (Å²) in [5.74, 6) is 1.39. The number of rotatable bonds is 7. The summed E-state index contributed by atoms with van der Waals surface area (Å²) in [5, 5.41) is 2.96. The molecule has 1 aliphatic heterocycles. The number of hydrogen-bond acceptors (Lipinski definition) is 3. The summed E-state index contributed by atoms with van der Waals surface area (Å²) in [6.45, 7) is 8.80. The van der Waals surface area contributed by atoms with Gasteiger partial charge in [0.1, 0.15) is 11.5 Å². The van der Waals surface area contributed by atoms with Crippen molar-refractivity contribution in [1.29, 1.82) is 0 Å². The van der Waals surface area contributed by atoms with Gasteiger partial charge in [0, 0.05) is 24.3 Å². The van der Waals surface area contributed by atoms with E-state index in [1.54, 1.807) is 4.90 Å². The molecule has 0 aliphatic carbocycles. The molecule has 0 spiro atoms. The maximum atomic E-state index is 12.9. The highest BCUT2D eigenvalue weighted by Crippen LogP contribution is 2.33. The lowest BCUT2D eigenvalue weighted by Crippen LogP contribution is -2.28. The Morgan fingerprint density at radius 1 is 1.09 bits per heavy atom. The zero-order valence-electron chi connectivity index (χ0n) is 20.3. The van der Waals surface area contributed by atoms with E-state index in [0.717, 1.165) is 34.5 Å². The van der Waals surface area contributed by atoms with Crippen LogP contribution in [0.5, 0.6) is 11.5 Å². The molecule has 5 nitrogen and oxygen atoms in total. The van der Waals surface area contributed by atoms with Crippen LogP contribution >= 0.6 is 0 Å². The summed E-state index contributed by atoms with van der Waals surface area (Å²) in [5.41, 5.74) is 5.00.